The van der Waals surface area contributed by atoms with Crippen molar-refractivity contribution < 1.29 is 9.59 Å². The van der Waals surface area contributed by atoms with E-state index in [2.05, 4.69) is 0 Å². The van der Waals surface area contributed by atoms with Gasteiger partial charge in [0.2, 0.25) is 0 Å². The summed E-state index contributed by atoms with van der Waals surface area (Å²) in [4.78, 5) is 27.8. The van der Waals surface area contributed by atoms with Gasteiger partial charge in [0.05, 0.1) is 22.7 Å². The molecule has 0 saturated heterocycles. The van der Waals surface area contributed by atoms with Gasteiger partial charge in [0.15, 0.2) is 5.78 Å². The summed E-state index contributed by atoms with van der Waals surface area (Å²) in [6, 6.07) is 18.6. The lowest BCUT2D eigenvalue weighted by Crippen LogP contribution is -2.25. The van der Waals surface area contributed by atoms with Gasteiger partial charge in [0, 0.05) is 16.7 Å². The first-order chi connectivity index (χ1) is 12.6. The summed E-state index contributed by atoms with van der Waals surface area (Å²) in [5.41, 5.74) is 3.02. The molecule has 0 spiro atoms. The molecule has 3 aromatic rings. The van der Waals surface area contributed by atoms with Gasteiger partial charge in [-0.1, -0.05) is 48.0 Å². The molecule has 4 rings (SSSR count). The Morgan fingerprint density at radius 2 is 1.81 bits per heavy atom. The fourth-order valence-corrected chi connectivity index (χ4v) is 3.76. The van der Waals surface area contributed by atoms with Crippen molar-refractivity contribution in [3.63, 3.8) is 0 Å². The fourth-order valence-electron chi connectivity index (χ4n) is 3.00. The lowest BCUT2D eigenvalue weighted by atomic mass is 10.1. The number of thiophene rings is 1. The highest BCUT2D eigenvalue weighted by Crippen LogP contribution is 2.37. The first-order valence-corrected chi connectivity index (χ1v) is 9.34. The van der Waals surface area contributed by atoms with Crippen LogP contribution >= 0.6 is 22.9 Å². The molecule has 0 bridgehead atoms. The summed E-state index contributed by atoms with van der Waals surface area (Å²) in [6.45, 7) is 0.428. The van der Waals surface area contributed by atoms with Gasteiger partial charge < -0.3 is 4.90 Å². The van der Waals surface area contributed by atoms with Crippen LogP contribution in [0.3, 0.4) is 0 Å². The molecule has 3 nitrogen and oxygen atoms in total. The summed E-state index contributed by atoms with van der Waals surface area (Å²) in [6.07, 6.45) is 1.45. The van der Waals surface area contributed by atoms with Crippen molar-refractivity contribution in [2.75, 3.05) is 4.90 Å². The number of nitrogens with zero attached hydrogens (tertiary/aromatic N) is 1. The Morgan fingerprint density at radius 3 is 2.54 bits per heavy atom. The van der Waals surface area contributed by atoms with Crippen LogP contribution in [0.4, 0.5) is 5.69 Å². The van der Waals surface area contributed by atoms with Crippen LogP contribution in [0.5, 0.6) is 0 Å². The summed E-state index contributed by atoms with van der Waals surface area (Å²) in [7, 11) is 0. The number of anilines is 1. The number of ketones is 1. The third kappa shape index (κ3) is 3.09. The molecule has 5 heteroatoms. The zero-order valence-corrected chi connectivity index (χ0v) is 15.3. The molecular formula is C21H14ClNO2S. The summed E-state index contributed by atoms with van der Waals surface area (Å²) in [5, 5.41) is 2.51. The zero-order valence-electron chi connectivity index (χ0n) is 13.7. The maximum absolute atomic E-state index is 13.0. The molecule has 1 aliphatic rings. The van der Waals surface area contributed by atoms with Crippen molar-refractivity contribution in [1.82, 2.24) is 0 Å². The molecule has 1 aromatic heterocycles. The van der Waals surface area contributed by atoms with Crippen molar-refractivity contribution in [3.8, 4) is 0 Å². The highest BCUT2D eigenvalue weighted by Gasteiger charge is 2.32. The van der Waals surface area contributed by atoms with E-state index in [1.165, 1.54) is 17.4 Å². The maximum atomic E-state index is 13.0. The van der Waals surface area contributed by atoms with Crippen LogP contribution in [0, 0.1) is 0 Å². The second kappa shape index (κ2) is 6.90. The van der Waals surface area contributed by atoms with Gasteiger partial charge in [0.25, 0.3) is 5.91 Å². The molecule has 1 aliphatic heterocycles. The number of amides is 1. The number of hydrogen-bond acceptors (Lipinski definition) is 3. The van der Waals surface area contributed by atoms with Crippen molar-refractivity contribution in [1.29, 1.82) is 0 Å². The molecule has 0 N–H and O–H groups in total. The summed E-state index contributed by atoms with van der Waals surface area (Å²) in [5.74, 6) is -0.308. The standard InChI is InChI=1S/C21H14ClNO2S/c22-15-9-7-14(8-10-15)13-23-18-5-2-1-4-16(18)17(21(23)25)12-19(24)20-6-3-11-26-20/h1-12H,13H2. The van der Waals surface area contributed by atoms with Gasteiger partial charge in [-0.3, -0.25) is 9.59 Å². The zero-order chi connectivity index (χ0) is 18.1. The highest BCUT2D eigenvalue weighted by atomic mass is 35.5. The monoisotopic (exact) mass is 379 g/mol. The normalized spacial score (nSPS) is 14.7. The fraction of sp³-hybridized carbons (Fsp3) is 0.0476. The number of para-hydroxylation sites is 1. The predicted octanol–water partition coefficient (Wildman–Crippen LogP) is 5.21. The number of benzene rings is 2. The Bertz CT molecular complexity index is 1010. The second-order valence-electron chi connectivity index (χ2n) is 5.93. The molecular weight excluding hydrogens is 366 g/mol. The molecule has 0 radical (unpaired) electrons. The number of hydrogen-bond donors (Lipinski definition) is 0. The molecule has 0 unspecified atom stereocenters. The smallest absolute Gasteiger partial charge is 0.259 e. The Hall–Kier alpha value is -2.69. The molecule has 0 aliphatic carbocycles. The van der Waals surface area contributed by atoms with E-state index >= 15 is 0 Å². The van der Waals surface area contributed by atoms with Crippen molar-refractivity contribution in [2.45, 2.75) is 6.54 Å². The quantitative estimate of drug-likeness (QED) is 0.460. The third-order valence-corrected chi connectivity index (χ3v) is 5.39. The third-order valence-electron chi connectivity index (χ3n) is 4.25. The van der Waals surface area contributed by atoms with Crippen LogP contribution < -0.4 is 4.90 Å². The van der Waals surface area contributed by atoms with Crippen LogP contribution in [0.1, 0.15) is 20.8 Å². The van der Waals surface area contributed by atoms with Gasteiger partial charge >= 0.3 is 0 Å². The summed E-state index contributed by atoms with van der Waals surface area (Å²) < 4.78 is 0. The van der Waals surface area contributed by atoms with E-state index in [1.54, 1.807) is 23.1 Å². The number of fused-ring (bicyclic) bond motifs is 1. The van der Waals surface area contributed by atoms with Crippen LogP contribution in [-0.4, -0.2) is 11.7 Å². The minimum Gasteiger partial charge on any atom is -0.303 e. The molecule has 26 heavy (non-hydrogen) atoms. The highest BCUT2D eigenvalue weighted by molar-refractivity contribution is 7.12. The van der Waals surface area contributed by atoms with Crippen molar-refractivity contribution in [3.05, 3.63) is 93.1 Å². The van der Waals surface area contributed by atoms with E-state index in [0.717, 1.165) is 16.8 Å². The van der Waals surface area contributed by atoms with Crippen LogP contribution in [0.25, 0.3) is 5.57 Å². The lowest BCUT2D eigenvalue weighted by molar-refractivity contribution is -0.113. The van der Waals surface area contributed by atoms with Crippen molar-refractivity contribution in [2.24, 2.45) is 0 Å². The second-order valence-corrected chi connectivity index (χ2v) is 7.32. The number of allylic oxidation sites excluding steroid dienone is 1. The number of halogens is 1. The van der Waals surface area contributed by atoms with E-state index in [4.69, 9.17) is 11.6 Å². The molecule has 0 saturated carbocycles. The van der Waals surface area contributed by atoms with Crippen molar-refractivity contribution >= 4 is 45.9 Å². The number of rotatable bonds is 4. The molecule has 128 valence electrons. The number of carbonyl (C=O) groups is 2. The minimum absolute atomic E-state index is 0.147. The van der Waals surface area contributed by atoms with E-state index in [9.17, 15) is 9.59 Å². The van der Waals surface area contributed by atoms with Crippen LogP contribution in [0.2, 0.25) is 5.02 Å². The first-order valence-electron chi connectivity index (χ1n) is 8.09. The molecule has 2 heterocycles. The predicted molar refractivity (Wildman–Crippen MR) is 106 cm³/mol. The number of carbonyl (C=O) groups excluding carboxylic acids is 2. The lowest BCUT2D eigenvalue weighted by Gasteiger charge is -2.17. The minimum atomic E-state index is -0.161. The molecule has 0 atom stereocenters. The Morgan fingerprint density at radius 1 is 1.04 bits per heavy atom. The molecule has 0 fully saturated rings. The summed E-state index contributed by atoms with van der Waals surface area (Å²) >= 11 is 7.31. The van der Waals surface area contributed by atoms with Crippen LogP contribution in [0.15, 0.2) is 72.1 Å². The Balaban J connectivity index is 1.70. The average Bonchev–Trinajstić information content (AvgIpc) is 3.27. The Labute approximate surface area is 160 Å². The molecule has 2 aromatic carbocycles. The Kier molecular flexibility index (Phi) is 4.45. The van der Waals surface area contributed by atoms with E-state index in [-0.39, 0.29) is 11.7 Å². The maximum Gasteiger partial charge on any atom is 0.259 e. The van der Waals surface area contributed by atoms with Crippen LogP contribution in [-0.2, 0) is 11.3 Å². The van der Waals surface area contributed by atoms with Gasteiger partial charge in [0.1, 0.15) is 0 Å². The van der Waals surface area contributed by atoms with Gasteiger partial charge in [-0.15, -0.1) is 11.3 Å². The first kappa shape index (κ1) is 16.8. The van der Waals surface area contributed by atoms with Gasteiger partial charge in [-0.2, -0.15) is 0 Å². The van der Waals surface area contributed by atoms with Gasteiger partial charge in [-0.25, -0.2) is 0 Å². The largest absolute Gasteiger partial charge is 0.303 e. The van der Waals surface area contributed by atoms with E-state index in [0.29, 0.717) is 22.0 Å². The van der Waals surface area contributed by atoms with Gasteiger partial charge in [-0.05, 0) is 35.2 Å². The van der Waals surface area contributed by atoms with E-state index < -0.39 is 0 Å². The van der Waals surface area contributed by atoms with E-state index in [1.807, 2.05) is 47.8 Å². The topological polar surface area (TPSA) is 37.4 Å². The SMILES string of the molecule is O=C(C=C1C(=O)N(Cc2ccc(Cl)cc2)c2ccccc21)c1cccs1. The molecule has 1 amide bonds. The average molecular weight is 380 g/mol.